The van der Waals surface area contributed by atoms with Gasteiger partial charge in [-0.15, -0.1) is 0 Å². The van der Waals surface area contributed by atoms with E-state index < -0.39 is 18.1 Å². The molecule has 2 atom stereocenters. The Balaban J connectivity index is 1.81. The van der Waals surface area contributed by atoms with Gasteiger partial charge in [0.15, 0.2) is 0 Å². The van der Waals surface area contributed by atoms with Gasteiger partial charge >= 0.3 is 6.18 Å². The third-order valence-corrected chi connectivity index (χ3v) is 6.56. The lowest BCUT2D eigenvalue weighted by molar-refractivity contribution is -0.149. The van der Waals surface area contributed by atoms with Gasteiger partial charge in [-0.3, -0.25) is 9.78 Å². The molecule has 2 aromatic rings. The summed E-state index contributed by atoms with van der Waals surface area (Å²) in [6, 6.07) is 4.85. The summed E-state index contributed by atoms with van der Waals surface area (Å²) in [4.78, 5) is 19.2. The molecule has 0 bridgehead atoms. The SMILES string of the molecule is C[C@@H](NC(=O)c1cncc(-c2cc(Cl)cc(C#N)c2)c1N1CCC2(CCCN2)C1)C(F)(F)F. The molecule has 3 heterocycles. The number of hydrogen-bond acceptors (Lipinski definition) is 5. The number of nitrogens with one attached hydrogen (secondary N) is 2. The first-order valence-corrected chi connectivity index (χ1v) is 11.1. The highest BCUT2D eigenvalue weighted by atomic mass is 35.5. The van der Waals surface area contributed by atoms with Crippen LogP contribution in [-0.4, -0.2) is 48.3 Å². The summed E-state index contributed by atoms with van der Waals surface area (Å²) in [5.74, 6) is -0.855. The van der Waals surface area contributed by atoms with Crippen LogP contribution in [0.2, 0.25) is 5.02 Å². The molecule has 0 saturated carbocycles. The zero-order valence-corrected chi connectivity index (χ0v) is 18.7. The molecule has 10 heteroatoms. The van der Waals surface area contributed by atoms with Crippen LogP contribution in [-0.2, 0) is 0 Å². The second-order valence-corrected chi connectivity index (χ2v) is 9.08. The molecule has 6 nitrogen and oxygen atoms in total. The maximum Gasteiger partial charge on any atom is 0.408 e. The van der Waals surface area contributed by atoms with Crippen molar-refractivity contribution in [1.82, 2.24) is 15.6 Å². The third-order valence-electron chi connectivity index (χ3n) is 6.34. The van der Waals surface area contributed by atoms with Crippen LogP contribution in [0.5, 0.6) is 0 Å². The van der Waals surface area contributed by atoms with Gasteiger partial charge in [-0.1, -0.05) is 11.6 Å². The molecule has 1 amide bonds. The highest BCUT2D eigenvalue weighted by Gasteiger charge is 2.42. The maximum atomic E-state index is 13.1. The van der Waals surface area contributed by atoms with Gasteiger partial charge in [-0.05, 0) is 56.5 Å². The molecule has 2 saturated heterocycles. The van der Waals surface area contributed by atoms with Crippen molar-refractivity contribution in [3.63, 3.8) is 0 Å². The fraction of sp³-hybridized carbons (Fsp3) is 0.435. The van der Waals surface area contributed by atoms with Crippen LogP contribution in [0.25, 0.3) is 11.1 Å². The molecule has 1 unspecified atom stereocenters. The largest absolute Gasteiger partial charge is 0.408 e. The summed E-state index contributed by atoms with van der Waals surface area (Å²) in [5, 5.41) is 15.3. The standard InChI is InChI=1S/C23H23ClF3N5O/c1-14(23(25,26)27)31-21(33)19-12-29-11-18(16-7-15(10-28)8-17(24)9-16)20(19)32-6-4-22(13-32)3-2-5-30-22/h7-9,11-12,14,30H,2-6,13H2,1H3,(H,31,33)/t14-,22?/m1/s1. The molecule has 1 spiro atoms. The van der Waals surface area contributed by atoms with Crippen molar-refractivity contribution in [2.75, 3.05) is 24.5 Å². The number of amides is 1. The van der Waals surface area contributed by atoms with Gasteiger partial charge in [0.05, 0.1) is 22.9 Å². The third kappa shape index (κ3) is 4.77. The normalized spacial score (nSPS) is 21.3. The highest BCUT2D eigenvalue weighted by Crippen LogP contribution is 2.40. The Labute approximate surface area is 194 Å². The zero-order valence-electron chi connectivity index (χ0n) is 18.0. The molecule has 2 fully saturated rings. The molecule has 0 radical (unpaired) electrons. The van der Waals surface area contributed by atoms with E-state index in [0.717, 1.165) is 32.7 Å². The van der Waals surface area contributed by atoms with Gasteiger partial charge in [0, 0.05) is 41.6 Å². The maximum absolute atomic E-state index is 13.1. The molecule has 2 aliphatic rings. The number of anilines is 1. The Morgan fingerprint density at radius 3 is 2.79 bits per heavy atom. The summed E-state index contributed by atoms with van der Waals surface area (Å²) in [6.45, 7) is 3.06. The van der Waals surface area contributed by atoms with E-state index in [-0.39, 0.29) is 11.1 Å². The topological polar surface area (TPSA) is 81.0 Å². The van der Waals surface area contributed by atoms with Gasteiger partial charge in [0.2, 0.25) is 0 Å². The molecule has 0 aliphatic carbocycles. The first-order chi connectivity index (χ1) is 15.6. The van der Waals surface area contributed by atoms with Crippen molar-refractivity contribution in [3.05, 3.63) is 46.7 Å². The van der Waals surface area contributed by atoms with E-state index in [9.17, 15) is 23.2 Å². The number of nitriles is 1. The smallest absolute Gasteiger partial charge is 0.368 e. The van der Waals surface area contributed by atoms with Crippen LogP contribution >= 0.6 is 11.6 Å². The van der Waals surface area contributed by atoms with Gasteiger partial charge in [-0.2, -0.15) is 18.4 Å². The summed E-state index contributed by atoms with van der Waals surface area (Å²) < 4.78 is 39.3. The van der Waals surface area contributed by atoms with E-state index in [0.29, 0.717) is 40.5 Å². The zero-order chi connectivity index (χ0) is 23.8. The Morgan fingerprint density at radius 1 is 1.33 bits per heavy atom. The molecule has 1 aromatic carbocycles. The number of alkyl halides is 3. The van der Waals surface area contributed by atoms with Crippen molar-refractivity contribution in [2.24, 2.45) is 0 Å². The predicted molar refractivity (Wildman–Crippen MR) is 119 cm³/mol. The van der Waals surface area contributed by atoms with Crippen molar-refractivity contribution >= 4 is 23.2 Å². The van der Waals surface area contributed by atoms with Crippen LogP contribution in [0, 0.1) is 11.3 Å². The fourth-order valence-electron chi connectivity index (χ4n) is 4.62. The van der Waals surface area contributed by atoms with Gasteiger partial charge < -0.3 is 15.5 Å². The average molecular weight is 478 g/mol. The summed E-state index contributed by atoms with van der Waals surface area (Å²) in [6.07, 6.45) is 1.17. The van der Waals surface area contributed by atoms with Crippen molar-refractivity contribution in [3.8, 4) is 17.2 Å². The number of rotatable bonds is 4. The summed E-state index contributed by atoms with van der Waals surface area (Å²) in [5.41, 5.74) is 1.90. The van der Waals surface area contributed by atoms with Gasteiger partial charge in [-0.25, -0.2) is 0 Å². The Bertz CT molecular complexity index is 1110. The van der Waals surface area contributed by atoms with Crippen LogP contribution in [0.3, 0.4) is 0 Å². The Kier molecular flexibility index (Phi) is 6.25. The summed E-state index contributed by atoms with van der Waals surface area (Å²) in [7, 11) is 0. The lowest BCUT2D eigenvalue weighted by Gasteiger charge is -2.28. The molecule has 2 aliphatic heterocycles. The fourth-order valence-corrected chi connectivity index (χ4v) is 4.85. The number of hydrogen-bond donors (Lipinski definition) is 2. The van der Waals surface area contributed by atoms with Crippen LogP contribution in [0.1, 0.15) is 42.1 Å². The number of aromatic nitrogens is 1. The Morgan fingerprint density at radius 2 is 2.12 bits per heavy atom. The van der Waals surface area contributed by atoms with Crippen LogP contribution < -0.4 is 15.5 Å². The molecule has 2 N–H and O–H groups in total. The lowest BCUT2D eigenvalue weighted by Crippen LogP contribution is -2.44. The van der Waals surface area contributed by atoms with E-state index in [2.05, 4.69) is 16.4 Å². The molecule has 33 heavy (non-hydrogen) atoms. The minimum atomic E-state index is -4.57. The highest BCUT2D eigenvalue weighted by molar-refractivity contribution is 6.31. The molecular formula is C23H23ClF3N5O. The van der Waals surface area contributed by atoms with E-state index in [4.69, 9.17) is 11.6 Å². The quantitative estimate of drug-likeness (QED) is 0.686. The second-order valence-electron chi connectivity index (χ2n) is 8.64. The van der Waals surface area contributed by atoms with Crippen LogP contribution in [0.15, 0.2) is 30.6 Å². The van der Waals surface area contributed by atoms with E-state index in [1.807, 2.05) is 10.2 Å². The molecule has 4 rings (SSSR count). The van der Waals surface area contributed by atoms with Crippen molar-refractivity contribution < 1.29 is 18.0 Å². The van der Waals surface area contributed by atoms with Gasteiger partial charge in [0.25, 0.3) is 5.91 Å². The second kappa shape index (κ2) is 8.84. The Hall–Kier alpha value is -2.83. The average Bonchev–Trinajstić information content (AvgIpc) is 3.41. The number of benzene rings is 1. The van der Waals surface area contributed by atoms with Gasteiger partial charge in [0.1, 0.15) is 6.04 Å². The number of carbonyl (C=O) groups is 1. The van der Waals surface area contributed by atoms with E-state index in [1.54, 1.807) is 18.3 Å². The summed E-state index contributed by atoms with van der Waals surface area (Å²) >= 11 is 6.21. The lowest BCUT2D eigenvalue weighted by atomic mass is 9.96. The monoisotopic (exact) mass is 477 g/mol. The van der Waals surface area contributed by atoms with Crippen molar-refractivity contribution in [1.29, 1.82) is 5.26 Å². The van der Waals surface area contributed by atoms with Crippen molar-refractivity contribution in [2.45, 2.75) is 43.9 Å². The number of nitrogens with zero attached hydrogens (tertiary/aromatic N) is 3. The molecular weight excluding hydrogens is 455 g/mol. The minimum Gasteiger partial charge on any atom is -0.368 e. The molecule has 174 valence electrons. The number of carbonyl (C=O) groups excluding carboxylic acids is 1. The number of halogens is 4. The minimum absolute atomic E-state index is 0.0529. The van der Waals surface area contributed by atoms with E-state index in [1.165, 1.54) is 12.3 Å². The van der Waals surface area contributed by atoms with Crippen LogP contribution in [0.4, 0.5) is 18.9 Å². The first kappa shape index (κ1) is 23.3. The van der Waals surface area contributed by atoms with E-state index >= 15 is 0 Å². The number of pyridine rings is 1. The predicted octanol–water partition coefficient (Wildman–Crippen LogP) is 4.29. The first-order valence-electron chi connectivity index (χ1n) is 10.7. The molecule has 1 aromatic heterocycles.